The maximum absolute atomic E-state index is 12.9. The Bertz CT molecular complexity index is 1180. The molecule has 174 valence electrons. The van der Waals surface area contributed by atoms with Gasteiger partial charge in [0.2, 0.25) is 0 Å². The van der Waals surface area contributed by atoms with E-state index in [-0.39, 0.29) is 5.91 Å². The van der Waals surface area contributed by atoms with E-state index in [1.165, 1.54) is 0 Å². The van der Waals surface area contributed by atoms with Crippen molar-refractivity contribution in [2.24, 2.45) is 0 Å². The molecule has 0 unspecified atom stereocenters. The van der Waals surface area contributed by atoms with Crippen LogP contribution in [0.4, 0.5) is 0 Å². The fraction of sp³-hybridized carbons (Fsp3) is 0.259. The molecule has 1 amide bonds. The number of nitrogens with zero attached hydrogens (tertiary/aromatic N) is 4. The third-order valence-electron chi connectivity index (χ3n) is 5.98. The van der Waals surface area contributed by atoms with Crippen LogP contribution in [-0.2, 0) is 6.61 Å². The number of piperazine rings is 1. The highest BCUT2D eigenvalue weighted by Crippen LogP contribution is 2.17. The van der Waals surface area contributed by atoms with Gasteiger partial charge in [0.1, 0.15) is 30.4 Å². The van der Waals surface area contributed by atoms with E-state index in [1.54, 1.807) is 0 Å². The number of aromatic nitrogens is 2. The fourth-order valence-corrected chi connectivity index (χ4v) is 4.07. The molecule has 2 aromatic carbocycles. The molecule has 0 saturated carbocycles. The zero-order chi connectivity index (χ0) is 23.2. The molecule has 0 N–H and O–H groups in total. The third kappa shape index (κ3) is 5.38. The molecule has 0 atom stereocenters. The van der Waals surface area contributed by atoms with Crippen LogP contribution in [0.2, 0.25) is 0 Å². The Labute approximate surface area is 199 Å². The SMILES string of the molecule is O=C(c1ccc(OCc2cn3ccccc3n2)cc1)N1CCN(CCOc2ccccc2)CC1. The lowest BCUT2D eigenvalue weighted by Crippen LogP contribution is -2.49. The van der Waals surface area contributed by atoms with Crippen LogP contribution < -0.4 is 9.47 Å². The van der Waals surface area contributed by atoms with Crippen LogP contribution in [0.25, 0.3) is 5.65 Å². The molecule has 1 aliphatic heterocycles. The second kappa shape index (κ2) is 10.4. The molecule has 4 aromatic rings. The normalized spacial score (nSPS) is 14.3. The monoisotopic (exact) mass is 456 g/mol. The quantitative estimate of drug-likeness (QED) is 0.404. The lowest BCUT2D eigenvalue weighted by atomic mass is 10.1. The Morgan fingerprint density at radius 3 is 2.32 bits per heavy atom. The van der Waals surface area contributed by atoms with Gasteiger partial charge >= 0.3 is 0 Å². The third-order valence-corrected chi connectivity index (χ3v) is 5.98. The molecular weight excluding hydrogens is 428 g/mol. The smallest absolute Gasteiger partial charge is 0.253 e. The van der Waals surface area contributed by atoms with E-state index >= 15 is 0 Å². The summed E-state index contributed by atoms with van der Waals surface area (Å²) in [7, 11) is 0. The summed E-state index contributed by atoms with van der Waals surface area (Å²) in [6, 6.07) is 23.1. The largest absolute Gasteiger partial charge is 0.492 e. The zero-order valence-corrected chi connectivity index (χ0v) is 19.0. The van der Waals surface area contributed by atoms with Crippen molar-refractivity contribution in [3.63, 3.8) is 0 Å². The van der Waals surface area contributed by atoms with E-state index < -0.39 is 0 Å². The molecule has 1 saturated heterocycles. The van der Waals surface area contributed by atoms with Crippen LogP contribution in [0.15, 0.2) is 85.2 Å². The molecule has 5 rings (SSSR count). The minimum atomic E-state index is 0.0621. The summed E-state index contributed by atoms with van der Waals surface area (Å²) in [5.41, 5.74) is 2.44. The van der Waals surface area contributed by atoms with Crippen LogP contribution in [0, 0.1) is 0 Å². The van der Waals surface area contributed by atoms with Gasteiger partial charge in [-0.2, -0.15) is 0 Å². The van der Waals surface area contributed by atoms with Crippen molar-refractivity contribution in [2.45, 2.75) is 6.61 Å². The van der Waals surface area contributed by atoms with Gasteiger partial charge in [0.25, 0.3) is 5.91 Å². The van der Waals surface area contributed by atoms with Crippen molar-refractivity contribution < 1.29 is 14.3 Å². The van der Waals surface area contributed by atoms with E-state index in [9.17, 15) is 4.79 Å². The molecule has 2 aromatic heterocycles. The number of hydrogen-bond donors (Lipinski definition) is 0. The molecule has 1 fully saturated rings. The van der Waals surface area contributed by atoms with E-state index in [0.29, 0.717) is 18.8 Å². The number of carbonyl (C=O) groups is 1. The number of benzene rings is 2. The first kappa shape index (κ1) is 22.0. The Morgan fingerprint density at radius 2 is 1.56 bits per heavy atom. The maximum Gasteiger partial charge on any atom is 0.253 e. The van der Waals surface area contributed by atoms with Gasteiger partial charge in [-0.25, -0.2) is 4.98 Å². The zero-order valence-electron chi connectivity index (χ0n) is 19.0. The van der Waals surface area contributed by atoms with Gasteiger partial charge in [-0.1, -0.05) is 24.3 Å². The minimum Gasteiger partial charge on any atom is -0.492 e. The average Bonchev–Trinajstić information content (AvgIpc) is 3.32. The van der Waals surface area contributed by atoms with Gasteiger partial charge in [0.05, 0.1) is 5.69 Å². The van der Waals surface area contributed by atoms with Crippen molar-refractivity contribution in [3.05, 3.63) is 96.4 Å². The summed E-state index contributed by atoms with van der Waals surface area (Å²) in [4.78, 5) is 21.7. The van der Waals surface area contributed by atoms with Gasteiger partial charge in [0, 0.05) is 50.7 Å². The van der Waals surface area contributed by atoms with Gasteiger partial charge < -0.3 is 18.8 Å². The number of fused-ring (bicyclic) bond motifs is 1. The van der Waals surface area contributed by atoms with Crippen molar-refractivity contribution in [2.75, 3.05) is 39.3 Å². The number of ether oxygens (including phenoxy) is 2. The first-order valence-corrected chi connectivity index (χ1v) is 11.6. The van der Waals surface area contributed by atoms with Crippen molar-refractivity contribution in [3.8, 4) is 11.5 Å². The van der Waals surface area contributed by atoms with Gasteiger partial charge in [-0.05, 0) is 48.5 Å². The molecule has 34 heavy (non-hydrogen) atoms. The Balaban J connectivity index is 1.07. The highest BCUT2D eigenvalue weighted by Gasteiger charge is 2.22. The molecule has 0 bridgehead atoms. The average molecular weight is 457 g/mol. The number of carbonyl (C=O) groups excluding carboxylic acids is 1. The highest BCUT2D eigenvalue weighted by molar-refractivity contribution is 5.94. The number of hydrogen-bond acceptors (Lipinski definition) is 5. The summed E-state index contributed by atoms with van der Waals surface area (Å²) in [5.74, 6) is 1.67. The second-order valence-corrected chi connectivity index (χ2v) is 8.31. The molecule has 1 aliphatic rings. The highest BCUT2D eigenvalue weighted by atomic mass is 16.5. The predicted octanol–water partition coefficient (Wildman–Crippen LogP) is 3.75. The fourth-order valence-electron chi connectivity index (χ4n) is 4.07. The lowest BCUT2D eigenvalue weighted by Gasteiger charge is -2.34. The van der Waals surface area contributed by atoms with Crippen LogP contribution in [0.3, 0.4) is 0 Å². The summed E-state index contributed by atoms with van der Waals surface area (Å²) in [6.07, 6.45) is 3.92. The van der Waals surface area contributed by atoms with E-state index in [2.05, 4.69) is 9.88 Å². The number of pyridine rings is 1. The van der Waals surface area contributed by atoms with Crippen LogP contribution >= 0.6 is 0 Å². The van der Waals surface area contributed by atoms with Crippen LogP contribution in [0.5, 0.6) is 11.5 Å². The van der Waals surface area contributed by atoms with Crippen molar-refractivity contribution >= 4 is 11.6 Å². The molecular formula is C27H28N4O3. The lowest BCUT2D eigenvalue weighted by molar-refractivity contribution is 0.0620. The first-order valence-electron chi connectivity index (χ1n) is 11.6. The summed E-state index contributed by atoms with van der Waals surface area (Å²) in [5, 5.41) is 0. The van der Waals surface area contributed by atoms with Crippen molar-refractivity contribution in [1.82, 2.24) is 19.2 Å². The molecule has 0 radical (unpaired) electrons. The number of imidazole rings is 1. The second-order valence-electron chi connectivity index (χ2n) is 8.31. The Morgan fingerprint density at radius 1 is 0.824 bits per heavy atom. The van der Waals surface area contributed by atoms with Crippen molar-refractivity contribution in [1.29, 1.82) is 0 Å². The minimum absolute atomic E-state index is 0.0621. The molecule has 0 spiro atoms. The Kier molecular flexibility index (Phi) is 6.72. The summed E-state index contributed by atoms with van der Waals surface area (Å²) >= 11 is 0. The molecule has 7 heteroatoms. The number of para-hydroxylation sites is 1. The molecule has 0 aliphatic carbocycles. The van der Waals surface area contributed by atoms with Gasteiger partial charge in [-0.15, -0.1) is 0 Å². The van der Waals surface area contributed by atoms with Crippen LogP contribution in [-0.4, -0.2) is 64.4 Å². The predicted molar refractivity (Wildman–Crippen MR) is 130 cm³/mol. The Hall–Kier alpha value is -3.84. The van der Waals surface area contributed by atoms with Gasteiger partial charge in [0.15, 0.2) is 0 Å². The van der Waals surface area contributed by atoms with E-state index in [1.807, 2.05) is 94.5 Å². The van der Waals surface area contributed by atoms with Gasteiger partial charge in [-0.3, -0.25) is 9.69 Å². The van der Waals surface area contributed by atoms with Crippen LogP contribution in [0.1, 0.15) is 16.1 Å². The summed E-state index contributed by atoms with van der Waals surface area (Å²) in [6.45, 7) is 5.02. The molecule has 7 nitrogen and oxygen atoms in total. The topological polar surface area (TPSA) is 59.3 Å². The molecule has 3 heterocycles. The maximum atomic E-state index is 12.9. The standard InChI is InChI=1S/C27H28N4O3/c32-27(30-16-14-29(15-17-30)18-19-33-24-6-2-1-3-7-24)22-9-11-25(12-10-22)34-21-23-20-31-13-5-4-8-26(31)28-23/h1-13,20H,14-19,21H2. The van der Waals surface area contributed by atoms with E-state index in [0.717, 1.165) is 55.6 Å². The number of rotatable bonds is 8. The number of amides is 1. The first-order chi connectivity index (χ1) is 16.7. The summed E-state index contributed by atoms with van der Waals surface area (Å²) < 4.78 is 13.6. The van der Waals surface area contributed by atoms with E-state index in [4.69, 9.17) is 9.47 Å².